The highest BCUT2D eigenvalue weighted by molar-refractivity contribution is 7.55. The first-order valence-electron chi connectivity index (χ1n) is 10.1. The summed E-state index contributed by atoms with van der Waals surface area (Å²) in [6.45, 7) is 8.23. The second-order valence-electron chi connectivity index (χ2n) is 6.12. The summed E-state index contributed by atoms with van der Waals surface area (Å²) in [5.41, 5.74) is 0. The van der Waals surface area contributed by atoms with Gasteiger partial charge in [0.1, 0.15) is 0 Å². The zero-order chi connectivity index (χ0) is 20.6. The van der Waals surface area contributed by atoms with E-state index in [-0.39, 0.29) is 19.4 Å². The Morgan fingerprint density at radius 2 is 1.46 bits per heavy atom. The first-order chi connectivity index (χ1) is 13.6. The van der Waals surface area contributed by atoms with Gasteiger partial charge in [0.15, 0.2) is 8.51 Å². The van der Waals surface area contributed by atoms with Crippen molar-refractivity contribution in [2.75, 3.05) is 26.4 Å². The van der Waals surface area contributed by atoms with E-state index in [1.807, 2.05) is 0 Å². The first kappa shape index (κ1) is 26.0. The molecule has 0 radical (unpaired) electrons. The third kappa shape index (κ3) is 10.7. The van der Waals surface area contributed by atoms with Crippen LogP contribution in [0.15, 0.2) is 0 Å². The summed E-state index contributed by atoms with van der Waals surface area (Å²) in [4.78, 5) is 11.7. The van der Waals surface area contributed by atoms with Crippen LogP contribution in [0.5, 0.6) is 0 Å². The number of unbranched alkanes of at least 4 members (excludes halogenated alkanes) is 3. The predicted octanol–water partition coefficient (Wildman–Crippen LogP) is 5.52. The molecular weight excluding hydrogens is 429 g/mol. The normalized spacial score (nSPS) is 13.1. The van der Waals surface area contributed by atoms with Crippen LogP contribution in [0.2, 0.25) is 0 Å². The van der Waals surface area contributed by atoms with Crippen molar-refractivity contribution in [3.05, 3.63) is 0 Å². The fraction of sp³-hybridized carbons (Fsp3) is 1.00. The Morgan fingerprint density at radius 1 is 0.857 bits per heavy atom. The van der Waals surface area contributed by atoms with Crippen molar-refractivity contribution in [2.45, 2.75) is 78.6 Å². The smallest absolute Gasteiger partial charge is 0.238 e. The number of alkyl halides is 2. The first-order valence-corrected chi connectivity index (χ1v) is 13.2. The summed E-state index contributed by atoms with van der Waals surface area (Å²) in [6.07, 6.45) is 3.64. The SMILES string of the molecule is CCCCOn1p(OCCCC)npn(OCCCC(F)F)p1OCCCC. The minimum absolute atomic E-state index is 0.181. The van der Waals surface area contributed by atoms with Crippen LogP contribution in [-0.2, 0) is 0 Å². The van der Waals surface area contributed by atoms with Crippen LogP contribution in [0.4, 0.5) is 8.78 Å². The fourth-order valence-electron chi connectivity index (χ4n) is 1.87. The van der Waals surface area contributed by atoms with Gasteiger partial charge < -0.3 is 9.05 Å². The average Bonchev–Trinajstić information content (AvgIpc) is 2.68. The minimum atomic E-state index is -2.32. The molecule has 0 amide bonds. The number of hydrogen-bond acceptors (Lipinski definition) is 5. The van der Waals surface area contributed by atoms with Crippen molar-refractivity contribution < 1.29 is 27.5 Å². The molecule has 0 N–H and O–H groups in total. The van der Waals surface area contributed by atoms with Crippen LogP contribution in [0.3, 0.4) is 0 Å². The van der Waals surface area contributed by atoms with Crippen LogP contribution in [0.25, 0.3) is 0 Å². The van der Waals surface area contributed by atoms with E-state index in [1.54, 1.807) is 8.51 Å². The van der Waals surface area contributed by atoms with Gasteiger partial charge in [-0.25, -0.2) is 8.78 Å². The summed E-state index contributed by atoms with van der Waals surface area (Å²) in [7, 11) is -2.11. The standard InChI is InChI=1S/C16H34F2N3O4P3/c1-4-7-12-23-21-27(24-14-8-5-2)19-26-20(22-13-10-11-16(17)18)28(21)25-15-9-6-3/h16H,4-15H2,1-3H3. The summed E-state index contributed by atoms with van der Waals surface area (Å²) in [5, 5.41) is 0. The van der Waals surface area contributed by atoms with E-state index in [0.717, 1.165) is 38.5 Å². The van der Waals surface area contributed by atoms with Gasteiger partial charge in [-0.05, 0) is 25.7 Å². The third-order valence-corrected chi connectivity index (χ3v) is 8.39. The van der Waals surface area contributed by atoms with Gasteiger partial charge in [0, 0.05) is 6.42 Å². The number of halogens is 2. The Bertz CT molecular complexity index is 548. The Hall–Kier alpha value is -0.000000000000000132. The van der Waals surface area contributed by atoms with Crippen molar-refractivity contribution in [3.63, 3.8) is 0 Å². The van der Waals surface area contributed by atoms with E-state index in [2.05, 4.69) is 25.3 Å². The number of rotatable bonds is 17. The molecule has 7 nitrogen and oxygen atoms in total. The highest BCUT2D eigenvalue weighted by Gasteiger charge is 2.16. The van der Waals surface area contributed by atoms with Crippen LogP contribution < -0.4 is 18.7 Å². The predicted molar refractivity (Wildman–Crippen MR) is 112 cm³/mol. The number of hydrogen-bond donors (Lipinski definition) is 0. The van der Waals surface area contributed by atoms with Gasteiger partial charge in [-0.1, -0.05) is 40.0 Å². The Kier molecular flexibility index (Phi) is 15.6. The van der Waals surface area contributed by atoms with E-state index >= 15 is 0 Å². The Balaban J connectivity index is 3.00. The molecule has 1 aromatic rings. The van der Waals surface area contributed by atoms with Crippen LogP contribution in [-0.4, -0.2) is 45.9 Å². The van der Waals surface area contributed by atoms with Crippen LogP contribution in [0.1, 0.15) is 72.1 Å². The molecule has 0 saturated heterocycles. The molecule has 2 unspecified atom stereocenters. The Labute approximate surface area is 170 Å². The lowest BCUT2D eigenvalue weighted by Gasteiger charge is -2.20. The largest absolute Gasteiger partial charge is 0.302 e. The van der Waals surface area contributed by atoms with E-state index in [9.17, 15) is 8.78 Å². The molecular formula is C16H34F2N3O4P3. The Morgan fingerprint density at radius 3 is 2.11 bits per heavy atom. The molecule has 1 rings (SSSR count). The third-order valence-electron chi connectivity index (χ3n) is 3.52. The zero-order valence-electron chi connectivity index (χ0n) is 17.1. The van der Waals surface area contributed by atoms with Crippen molar-refractivity contribution in [1.29, 1.82) is 0 Å². The molecule has 166 valence electrons. The monoisotopic (exact) mass is 463 g/mol. The summed E-state index contributed by atoms with van der Waals surface area (Å²) < 4.78 is 44.6. The molecule has 28 heavy (non-hydrogen) atoms. The zero-order valence-corrected chi connectivity index (χ0v) is 19.8. The molecule has 0 aliphatic rings. The molecule has 0 aliphatic carbocycles. The summed E-state index contributed by atoms with van der Waals surface area (Å²) in [6, 6.07) is 0. The van der Waals surface area contributed by atoms with Crippen molar-refractivity contribution >= 4 is 24.7 Å². The molecule has 1 heterocycles. The molecule has 0 saturated carbocycles. The molecule has 12 heteroatoms. The van der Waals surface area contributed by atoms with Crippen molar-refractivity contribution in [2.24, 2.45) is 0 Å². The molecule has 0 bridgehead atoms. The number of nitrogens with zero attached hydrogens (tertiary/aromatic N) is 3. The lowest BCUT2D eigenvalue weighted by Crippen LogP contribution is -2.21. The van der Waals surface area contributed by atoms with Gasteiger partial charge in [-0.3, -0.25) is 9.68 Å². The maximum Gasteiger partial charge on any atom is 0.238 e. The van der Waals surface area contributed by atoms with Crippen LogP contribution >= 0.6 is 24.7 Å². The summed E-state index contributed by atoms with van der Waals surface area (Å²) in [5.74, 6) is 0. The van der Waals surface area contributed by atoms with Crippen molar-refractivity contribution in [1.82, 2.24) is 13.0 Å². The van der Waals surface area contributed by atoms with E-state index < -0.39 is 22.6 Å². The van der Waals surface area contributed by atoms with Gasteiger partial charge in [0.2, 0.25) is 22.6 Å². The molecule has 0 fully saturated rings. The fourth-order valence-corrected chi connectivity index (χ4v) is 7.12. The minimum Gasteiger partial charge on any atom is -0.302 e. The summed E-state index contributed by atoms with van der Waals surface area (Å²) >= 11 is 0. The highest BCUT2D eigenvalue weighted by Crippen LogP contribution is 2.36. The average molecular weight is 463 g/mol. The highest BCUT2D eigenvalue weighted by atomic mass is 31.2. The van der Waals surface area contributed by atoms with Gasteiger partial charge in [-0.15, -0.1) is 8.51 Å². The molecule has 0 aliphatic heterocycles. The van der Waals surface area contributed by atoms with Gasteiger partial charge in [-0.2, -0.15) is 4.51 Å². The second kappa shape index (κ2) is 16.8. The van der Waals surface area contributed by atoms with E-state index in [4.69, 9.17) is 18.7 Å². The maximum atomic E-state index is 12.4. The van der Waals surface area contributed by atoms with E-state index in [0.29, 0.717) is 28.3 Å². The lowest BCUT2D eigenvalue weighted by atomic mass is 10.3. The second-order valence-corrected chi connectivity index (χ2v) is 10.6. The topological polar surface area (TPSA) is 59.7 Å². The molecule has 0 spiro atoms. The van der Waals surface area contributed by atoms with Crippen molar-refractivity contribution in [3.8, 4) is 0 Å². The quantitative estimate of drug-likeness (QED) is 0.285. The van der Waals surface area contributed by atoms with Gasteiger partial charge in [0.25, 0.3) is 0 Å². The molecule has 2 atom stereocenters. The van der Waals surface area contributed by atoms with Gasteiger partial charge in [0.05, 0.1) is 26.4 Å². The molecule has 1 aromatic heterocycles. The van der Waals surface area contributed by atoms with E-state index in [1.165, 1.54) is 0 Å². The maximum absolute atomic E-state index is 12.4. The lowest BCUT2D eigenvalue weighted by molar-refractivity contribution is 0.0957. The number of aromatic nitrogens is 3. The van der Waals surface area contributed by atoms with Gasteiger partial charge >= 0.3 is 0 Å². The molecule has 0 aromatic carbocycles. The van der Waals surface area contributed by atoms with Crippen LogP contribution in [0, 0.1) is 0 Å².